The number of carbonyl (C=O) groups is 1. The molecule has 3 rings (SSSR count). The minimum Gasteiger partial charge on any atom is -0.327 e. The third kappa shape index (κ3) is 2.58. The lowest BCUT2D eigenvalue weighted by atomic mass is 9.98. The van der Waals surface area contributed by atoms with Crippen LogP contribution < -0.4 is 0 Å². The standard InChI is InChI=1S/C19H21NO/c1-2-3-9-14-20-18(15-10-5-4-6-11-15)16-12-7-8-13-17(16)19(20)21/h4-8,10-13,18H,2-3,9,14H2,1H3. The molecule has 1 unspecified atom stereocenters. The summed E-state index contributed by atoms with van der Waals surface area (Å²) < 4.78 is 0. The van der Waals surface area contributed by atoms with Crippen molar-refractivity contribution in [1.82, 2.24) is 4.90 Å². The number of nitrogens with zero attached hydrogens (tertiary/aromatic N) is 1. The zero-order valence-electron chi connectivity index (χ0n) is 12.5. The molecule has 1 atom stereocenters. The Labute approximate surface area is 126 Å². The minimum absolute atomic E-state index is 0.0757. The van der Waals surface area contributed by atoms with Gasteiger partial charge in [0.05, 0.1) is 6.04 Å². The molecule has 0 N–H and O–H groups in total. The first-order chi connectivity index (χ1) is 10.3. The van der Waals surface area contributed by atoms with E-state index in [1.54, 1.807) is 0 Å². The van der Waals surface area contributed by atoms with Gasteiger partial charge in [-0.25, -0.2) is 0 Å². The third-order valence-electron chi connectivity index (χ3n) is 4.18. The molecule has 1 heterocycles. The van der Waals surface area contributed by atoms with E-state index in [2.05, 4.69) is 25.1 Å². The van der Waals surface area contributed by atoms with Crippen LogP contribution >= 0.6 is 0 Å². The van der Waals surface area contributed by atoms with Gasteiger partial charge >= 0.3 is 0 Å². The maximum absolute atomic E-state index is 12.7. The van der Waals surface area contributed by atoms with Crippen LogP contribution in [-0.4, -0.2) is 17.4 Å². The van der Waals surface area contributed by atoms with Gasteiger partial charge < -0.3 is 4.90 Å². The van der Waals surface area contributed by atoms with Crippen LogP contribution in [0, 0.1) is 0 Å². The highest BCUT2D eigenvalue weighted by Gasteiger charge is 2.36. The smallest absolute Gasteiger partial charge is 0.255 e. The van der Waals surface area contributed by atoms with Crippen molar-refractivity contribution in [2.45, 2.75) is 32.2 Å². The lowest BCUT2D eigenvalue weighted by Crippen LogP contribution is -2.29. The van der Waals surface area contributed by atoms with Crippen molar-refractivity contribution in [2.24, 2.45) is 0 Å². The van der Waals surface area contributed by atoms with Crippen LogP contribution in [0.15, 0.2) is 54.6 Å². The van der Waals surface area contributed by atoms with E-state index in [0.717, 1.165) is 24.1 Å². The van der Waals surface area contributed by atoms with Crippen LogP contribution in [0.25, 0.3) is 0 Å². The van der Waals surface area contributed by atoms with E-state index in [1.807, 2.05) is 41.3 Å². The van der Waals surface area contributed by atoms with E-state index in [-0.39, 0.29) is 11.9 Å². The lowest BCUT2D eigenvalue weighted by Gasteiger charge is -2.26. The molecule has 2 aromatic carbocycles. The normalized spacial score (nSPS) is 17.1. The van der Waals surface area contributed by atoms with Crippen LogP contribution in [0.4, 0.5) is 0 Å². The zero-order valence-corrected chi connectivity index (χ0v) is 12.5. The third-order valence-corrected chi connectivity index (χ3v) is 4.18. The average molecular weight is 279 g/mol. The fraction of sp³-hybridized carbons (Fsp3) is 0.316. The van der Waals surface area contributed by atoms with E-state index in [1.165, 1.54) is 18.4 Å². The summed E-state index contributed by atoms with van der Waals surface area (Å²) in [5, 5.41) is 0. The number of amides is 1. The van der Waals surface area contributed by atoms with Gasteiger partial charge in [0.25, 0.3) is 5.91 Å². The number of hydrogen-bond acceptors (Lipinski definition) is 1. The second kappa shape index (κ2) is 6.13. The summed E-state index contributed by atoms with van der Waals surface area (Å²) in [6.07, 6.45) is 3.41. The summed E-state index contributed by atoms with van der Waals surface area (Å²) in [6.45, 7) is 3.02. The van der Waals surface area contributed by atoms with Crippen molar-refractivity contribution in [3.63, 3.8) is 0 Å². The quantitative estimate of drug-likeness (QED) is 0.742. The molecule has 0 aliphatic carbocycles. The van der Waals surface area contributed by atoms with E-state index in [0.29, 0.717) is 0 Å². The largest absolute Gasteiger partial charge is 0.327 e. The maximum atomic E-state index is 12.7. The number of hydrogen-bond donors (Lipinski definition) is 0. The van der Waals surface area contributed by atoms with Crippen molar-refractivity contribution < 1.29 is 4.79 Å². The Morgan fingerprint density at radius 2 is 1.67 bits per heavy atom. The molecule has 0 saturated carbocycles. The number of benzene rings is 2. The fourth-order valence-electron chi connectivity index (χ4n) is 3.13. The highest BCUT2D eigenvalue weighted by molar-refractivity contribution is 5.99. The second-order valence-electron chi connectivity index (χ2n) is 5.61. The first kappa shape index (κ1) is 13.9. The first-order valence-electron chi connectivity index (χ1n) is 7.77. The summed E-state index contributed by atoms with van der Waals surface area (Å²) in [7, 11) is 0. The Kier molecular flexibility index (Phi) is 4.05. The van der Waals surface area contributed by atoms with Gasteiger partial charge in [0, 0.05) is 12.1 Å². The van der Waals surface area contributed by atoms with E-state index >= 15 is 0 Å². The number of unbranched alkanes of at least 4 members (excludes halogenated alkanes) is 2. The molecule has 0 bridgehead atoms. The molecule has 2 heteroatoms. The molecule has 0 spiro atoms. The van der Waals surface area contributed by atoms with Crippen molar-refractivity contribution in [1.29, 1.82) is 0 Å². The van der Waals surface area contributed by atoms with Gasteiger partial charge in [-0.05, 0) is 23.6 Å². The number of carbonyl (C=O) groups excluding carboxylic acids is 1. The van der Waals surface area contributed by atoms with Crippen molar-refractivity contribution in [3.05, 3.63) is 71.3 Å². The van der Waals surface area contributed by atoms with Crippen molar-refractivity contribution in [2.75, 3.05) is 6.54 Å². The average Bonchev–Trinajstić information content (AvgIpc) is 2.82. The molecule has 2 nitrogen and oxygen atoms in total. The molecule has 1 amide bonds. The van der Waals surface area contributed by atoms with Crippen LogP contribution in [0.2, 0.25) is 0 Å². The van der Waals surface area contributed by atoms with E-state index < -0.39 is 0 Å². The Hall–Kier alpha value is -2.09. The van der Waals surface area contributed by atoms with E-state index in [4.69, 9.17) is 0 Å². The maximum Gasteiger partial charge on any atom is 0.255 e. The predicted octanol–water partition coefficient (Wildman–Crippen LogP) is 4.42. The fourth-order valence-corrected chi connectivity index (χ4v) is 3.13. The minimum atomic E-state index is 0.0757. The molecule has 0 saturated heterocycles. The molecular formula is C19H21NO. The van der Waals surface area contributed by atoms with Crippen LogP contribution in [0.1, 0.15) is 53.7 Å². The molecule has 1 aliphatic heterocycles. The zero-order chi connectivity index (χ0) is 14.7. The summed E-state index contributed by atoms with van der Waals surface area (Å²) in [4.78, 5) is 14.7. The summed E-state index contributed by atoms with van der Waals surface area (Å²) >= 11 is 0. The Morgan fingerprint density at radius 1 is 0.952 bits per heavy atom. The Balaban J connectivity index is 1.97. The SMILES string of the molecule is CCCCCN1C(=O)c2ccccc2C1c1ccccc1. The van der Waals surface area contributed by atoms with Gasteiger partial charge in [-0.3, -0.25) is 4.79 Å². The van der Waals surface area contributed by atoms with Crippen LogP contribution in [-0.2, 0) is 0 Å². The molecule has 0 radical (unpaired) electrons. The number of rotatable bonds is 5. The van der Waals surface area contributed by atoms with Gasteiger partial charge in [0.1, 0.15) is 0 Å². The van der Waals surface area contributed by atoms with E-state index in [9.17, 15) is 4.79 Å². The molecule has 108 valence electrons. The second-order valence-corrected chi connectivity index (χ2v) is 5.61. The Morgan fingerprint density at radius 3 is 2.43 bits per heavy atom. The highest BCUT2D eigenvalue weighted by Crippen LogP contribution is 2.38. The van der Waals surface area contributed by atoms with Crippen molar-refractivity contribution in [3.8, 4) is 0 Å². The lowest BCUT2D eigenvalue weighted by molar-refractivity contribution is 0.0746. The molecule has 1 aliphatic rings. The molecule has 2 aromatic rings. The van der Waals surface area contributed by atoms with Crippen molar-refractivity contribution >= 4 is 5.91 Å². The topological polar surface area (TPSA) is 20.3 Å². The highest BCUT2D eigenvalue weighted by atomic mass is 16.2. The van der Waals surface area contributed by atoms with Gasteiger partial charge in [-0.15, -0.1) is 0 Å². The van der Waals surface area contributed by atoms with Crippen LogP contribution in [0.3, 0.4) is 0 Å². The molecular weight excluding hydrogens is 258 g/mol. The molecule has 21 heavy (non-hydrogen) atoms. The first-order valence-corrected chi connectivity index (χ1v) is 7.77. The number of fused-ring (bicyclic) bond motifs is 1. The summed E-state index contributed by atoms with van der Waals surface area (Å²) in [5.74, 6) is 0.176. The monoisotopic (exact) mass is 279 g/mol. The summed E-state index contributed by atoms with van der Waals surface area (Å²) in [6, 6.07) is 18.4. The molecule has 0 aromatic heterocycles. The molecule has 0 fully saturated rings. The van der Waals surface area contributed by atoms with Gasteiger partial charge in [0.15, 0.2) is 0 Å². The summed E-state index contributed by atoms with van der Waals surface area (Å²) in [5.41, 5.74) is 3.21. The van der Waals surface area contributed by atoms with Gasteiger partial charge in [-0.2, -0.15) is 0 Å². The predicted molar refractivity (Wildman–Crippen MR) is 85.3 cm³/mol. The Bertz CT molecular complexity index is 620. The van der Waals surface area contributed by atoms with Gasteiger partial charge in [0.2, 0.25) is 0 Å². The van der Waals surface area contributed by atoms with Gasteiger partial charge in [-0.1, -0.05) is 68.3 Å². The van der Waals surface area contributed by atoms with Crippen LogP contribution in [0.5, 0.6) is 0 Å².